The number of morpholine rings is 1. The first-order chi connectivity index (χ1) is 14.3. The van der Waals surface area contributed by atoms with E-state index >= 15 is 0 Å². The molecule has 1 heterocycles. The van der Waals surface area contributed by atoms with E-state index in [1.165, 1.54) is 10.4 Å². The SMILES string of the molecule is CC(C)c1ccccc1N[C@H](C)C(=O)Nc1cccc(S(=O)(=O)N2CCOCC2)c1. The average Bonchev–Trinajstić information content (AvgIpc) is 2.74. The Hall–Kier alpha value is -2.42. The third-order valence-electron chi connectivity index (χ3n) is 5.06. The number of nitrogens with zero attached hydrogens (tertiary/aromatic N) is 1. The van der Waals surface area contributed by atoms with E-state index < -0.39 is 16.1 Å². The number of sulfonamides is 1. The van der Waals surface area contributed by atoms with Crippen molar-refractivity contribution in [3.05, 3.63) is 54.1 Å². The first kappa shape index (κ1) is 22.3. The van der Waals surface area contributed by atoms with Gasteiger partial charge in [-0.15, -0.1) is 0 Å². The van der Waals surface area contributed by atoms with Gasteiger partial charge in [0.1, 0.15) is 6.04 Å². The molecule has 0 aromatic heterocycles. The van der Waals surface area contributed by atoms with Gasteiger partial charge in [0.25, 0.3) is 0 Å². The lowest BCUT2D eigenvalue weighted by Gasteiger charge is -2.26. The maximum atomic E-state index is 12.8. The molecule has 0 bridgehead atoms. The molecular formula is C22H29N3O4S. The Kier molecular flexibility index (Phi) is 7.12. The maximum Gasteiger partial charge on any atom is 0.246 e. The van der Waals surface area contributed by atoms with Crippen LogP contribution in [0.3, 0.4) is 0 Å². The molecule has 1 aliphatic heterocycles. The molecule has 1 amide bonds. The Labute approximate surface area is 178 Å². The topological polar surface area (TPSA) is 87.7 Å². The van der Waals surface area contributed by atoms with Gasteiger partial charge in [-0.1, -0.05) is 38.1 Å². The molecule has 1 aliphatic rings. The maximum absolute atomic E-state index is 12.8. The number of hydrogen-bond donors (Lipinski definition) is 2. The van der Waals surface area contributed by atoms with Crippen LogP contribution >= 0.6 is 0 Å². The number of anilines is 2. The van der Waals surface area contributed by atoms with E-state index in [1.807, 2.05) is 24.3 Å². The van der Waals surface area contributed by atoms with Gasteiger partial charge in [-0.3, -0.25) is 4.79 Å². The van der Waals surface area contributed by atoms with Crippen LogP contribution < -0.4 is 10.6 Å². The molecule has 1 fully saturated rings. The van der Waals surface area contributed by atoms with Gasteiger partial charge < -0.3 is 15.4 Å². The molecule has 2 aromatic carbocycles. The number of para-hydroxylation sites is 1. The van der Waals surface area contributed by atoms with Crippen LogP contribution in [0.25, 0.3) is 0 Å². The molecule has 7 nitrogen and oxygen atoms in total. The quantitative estimate of drug-likeness (QED) is 0.703. The highest BCUT2D eigenvalue weighted by atomic mass is 32.2. The third kappa shape index (κ3) is 5.19. The lowest BCUT2D eigenvalue weighted by molar-refractivity contribution is -0.116. The minimum atomic E-state index is -3.62. The zero-order valence-electron chi connectivity index (χ0n) is 17.6. The summed E-state index contributed by atoms with van der Waals surface area (Å²) in [6.45, 7) is 7.41. The second-order valence-electron chi connectivity index (χ2n) is 7.64. The Morgan fingerprint density at radius 3 is 2.43 bits per heavy atom. The van der Waals surface area contributed by atoms with Crippen molar-refractivity contribution in [3.8, 4) is 0 Å². The van der Waals surface area contributed by atoms with Crippen LogP contribution in [0.4, 0.5) is 11.4 Å². The highest BCUT2D eigenvalue weighted by Gasteiger charge is 2.26. The summed E-state index contributed by atoms with van der Waals surface area (Å²) in [6.07, 6.45) is 0. The number of carbonyl (C=O) groups is 1. The summed E-state index contributed by atoms with van der Waals surface area (Å²) in [7, 11) is -3.62. The Balaban J connectivity index is 1.71. The summed E-state index contributed by atoms with van der Waals surface area (Å²) in [5.41, 5.74) is 2.50. The molecule has 2 aromatic rings. The molecule has 0 saturated carbocycles. The summed E-state index contributed by atoms with van der Waals surface area (Å²) in [5.74, 6) is 0.0838. The molecule has 1 saturated heterocycles. The van der Waals surface area contributed by atoms with Crippen LogP contribution in [0.15, 0.2) is 53.4 Å². The minimum absolute atomic E-state index is 0.160. The number of carbonyl (C=O) groups excluding carboxylic acids is 1. The van der Waals surface area contributed by atoms with Crippen molar-refractivity contribution in [1.82, 2.24) is 4.31 Å². The number of amides is 1. The fraction of sp³-hybridized carbons (Fsp3) is 0.409. The molecule has 30 heavy (non-hydrogen) atoms. The van der Waals surface area contributed by atoms with Gasteiger partial charge in [0.05, 0.1) is 18.1 Å². The monoisotopic (exact) mass is 431 g/mol. The van der Waals surface area contributed by atoms with E-state index in [-0.39, 0.29) is 10.8 Å². The normalized spacial score (nSPS) is 16.3. The minimum Gasteiger partial charge on any atom is -0.379 e. The van der Waals surface area contributed by atoms with Gasteiger partial charge in [0, 0.05) is 24.5 Å². The van der Waals surface area contributed by atoms with Gasteiger partial charge in [-0.25, -0.2) is 8.42 Å². The predicted molar refractivity (Wildman–Crippen MR) is 118 cm³/mol. The first-order valence-electron chi connectivity index (χ1n) is 10.1. The van der Waals surface area contributed by atoms with Crippen molar-refractivity contribution in [3.63, 3.8) is 0 Å². The van der Waals surface area contributed by atoms with Gasteiger partial charge in [0.2, 0.25) is 15.9 Å². The van der Waals surface area contributed by atoms with E-state index in [9.17, 15) is 13.2 Å². The summed E-state index contributed by atoms with van der Waals surface area (Å²) >= 11 is 0. The van der Waals surface area contributed by atoms with E-state index in [1.54, 1.807) is 25.1 Å². The largest absolute Gasteiger partial charge is 0.379 e. The number of hydrogen-bond acceptors (Lipinski definition) is 5. The predicted octanol–water partition coefficient (Wildman–Crippen LogP) is 3.27. The van der Waals surface area contributed by atoms with Crippen LogP contribution in [-0.4, -0.2) is 51.0 Å². The zero-order chi connectivity index (χ0) is 21.7. The van der Waals surface area contributed by atoms with Crippen LogP contribution in [0.2, 0.25) is 0 Å². The number of benzene rings is 2. The number of rotatable bonds is 7. The molecule has 1 atom stereocenters. The lowest BCUT2D eigenvalue weighted by Crippen LogP contribution is -2.40. The number of nitrogens with one attached hydrogen (secondary N) is 2. The fourth-order valence-electron chi connectivity index (χ4n) is 3.35. The van der Waals surface area contributed by atoms with Crippen LogP contribution in [0, 0.1) is 0 Å². The molecule has 3 rings (SSSR count). The van der Waals surface area contributed by atoms with Crippen molar-refractivity contribution in [2.24, 2.45) is 0 Å². The lowest BCUT2D eigenvalue weighted by atomic mass is 10.0. The Morgan fingerprint density at radius 2 is 1.73 bits per heavy atom. The summed E-state index contributed by atoms with van der Waals surface area (Å²) < 4.78 is 32.3. The van der Waals surface area contributed by atoms with Crippen molar-refractivity contribution in [2.45, 2.75) is 37.6 Å². The summed E-state index contributed by atoms with van der Waals surface area (Å²) in [4.78, 5) is 12.9. The highest BCUT2D eigenvalue weighted by molar-refractivity contribution is 7.89. The molecule has 162 valence electrons. The van der Waals surface area contributed by atoms with Crippen LogP contribution in [0.1, 0.15) is 32.3 Å². The first-order valence-corrected chi connectivity index (χ1v) is 11.6. The standard InChI is InChI=1S/C22H29N3O4S/c1-16(2)20-9-4-5-10-21(20)23-17(3)22(26)24-18-7-6-8-19(15-18)30(27,28)25-11-13-29-14-12-25/h4-10,15-17,23H,11-14H2,1-3H3,(H,24,26)/t17-/m1/s1. The Morgan fingerprint density at radius 1 is 1.03 bits per heavy atom. The van der Waals surface area contributed by atoms with Crippen molar-refractivity contribution >= 4 is 27.3 Å². The zero-order valence-corrected chi connectivity index (χ0v) is 18.4. The van der Waals surface area contributed by atoms with Crippen LogP contribution in [0.5, 0.6) is 0 Å². The molecule has 0 radical (unpaired) electrons. The Bertz CT molecular complexity index is 985. The molecule has 0 unspecified atom stereocenters. The molecule has 2 N–H and O–H groups in total. The van der Waals surface area contributed by atoms with Crippen molar-refractivity contribution in [1.29, 1.82) is 0 Å². The molecule has 8 heteroatoms. The van der Waals surface area contributed by atoms with E-state index in [0.29, 0.717) is 37.9 Å². The second kappa shape index (κ2) is 9.59. The summed E-state index contributed by atoms with van der Waals surface area (Å²) in [5, 5.41) is 6.07. The van der Waals surface area contributed by atoms with Gasteiger partial charge in [-0.05, 0) is 42.7 Å². The molecule has 0 spiro atoms. The smallest absolute Gasteiger partial charge is 0.246 e. The van der Waals surface area contributed by atoms with Gasteiger partial charge in [-0.2, -0.15) is 4.31 Å². The molecule has 0 aliphatic carbocycles. The fourth-order valence-corrected chi connectivity index (χ4v) is 4.81. The van der Waals surface area contributed by atoms with E-state index in [2.05, 4.69) is 24.5 Å². The van der Waals surface area contributed by atoms with E-state index in [4.69, 9.17) is 4.74 Å². The third-order valence-corrected chi connectivity index (χ3v) is 6.95. The highest BCUT2D eigenvalue weighted by Crippen LogP contribution is 2.25. The number of ether oxygens (including phenoxy) is 1. The average molecular weight is 432 g/mol. The molecular weight excluding hydrogens is 402 g/mol. The van der Waals surface area contributed by atoms with Crippen molar-refractivity contribution in [2.75, 3.05) is 36.9 Å². The summed E-state index contributed by atoms with van der Waals surface area (Å²) in [6, 6.07) is 13.8. The van der Waals surface area contributed by atoms with Gasteiger partial charge >= 0.3 is 0 Å². The van der Waals surface area contributed by atoms with Crippen molar-refractivity contribution < 1.29 is 17.9 Å². The second-order valence-corrected chi connectivity index (χ2v) is 9.58. The van der Waals surface area contributed by atoms with Gasteiger partial charge in [0.15, 0.2) is 0 Å². The van der Waals surface area contributed by atoms with Crippen LogP contribution in [-0.2, 0) is 19.6 Å². The van der Waals surface area contributed by atoms with E-state index in [0.717, 1.165) is 11.3 Å².